The number of hydrogen-bond donors (Lipinski definition) is 1. The molecule has 0 bridgehead atoms. The van der Waals surface area contributed by atoms with Crippen LogP contribution in [0.2, 0.25) is 5.02 Å². The van der Waals surface area contributed by atoms with E-state index in [-0.39, 0.29) is 40.5 Å². The summed E-state index contributed by atoms with van der Waals surface area (Å²) in [4.78, 5) is 22.4. The summed E-state index contributed by atoms with van der Waals surface area (Å²) in [5.74, 6) is -0.469. The second-order valence-electron chi connectivity index (χ2n) is 6.41. The maximum absolute atomic E-state index is 12.9. The van der Waals surface area contributed by atoms with Gasteiger partial charge in [0.2, 0.25) is 15.9 Å². The predicted octanol–water partition coefficient (Wildman–Crippen LogP) is 3.29. The molecule has 0 unspecified atom stereocenters. The third kappa shape index (κ3) is 4.32. The van der Waals surface area contributed by atoms with Crippen LogP contribution < -0.4 is 5.32 Å². The van der Waals surface area contributed by atoms with E-state index in [9.17, 15) is 23.3 Å². The molecular weight excluding hydrogens is 406 g/mol. The minimum absolute atomic E-state index is 0.0745. The maximum Gasteiger partial charge on any atom is 0.270 e. The van der Waals surface area contributed by atoms with Gasteiger partial charge in [-0.3, -0.25) is 14.9 Å². The fraction of sp³-hybridized carbons (Fsp3) is 0.278. The summed E-state index contributed by atoms with van der Waals surface area (Å²) in [6, 6.07) is 12.4. The van der Waals surface area contributed by atoms with E-state index in [1.165, 1.54) is 10.4 Å². The van der Waals surface area contributed by atoms with Crippen molar-refractivity contribution >= 4 is 38.9 Å². The zero-order chi connectivity index (χ0) is 20.3. The van der Waals surface area contributed by atoms with E-state index < -0.39 is 14.9 Å². The Balaban J connectivity index is 1.69. The van der Waals surface area contributed by atoms with E-state index in [1.807, 2.05) is 18.2 Å². The quantitative estimate of drug-likeness (QED) is 0.586. The lowest BCUT2D eigenvalue weighted by Gasteiger charge is -2.30. The molecule has 0 spiro atoms. The average molecular weight is 424 g/mol. The zero-order valence-corrected chi connectivity index (χ0v) is 16.3. The smallest absolute Gasteiger partial charge is 0.270 e. The lowest BCUT2D eigenvalue weighted by Crippen LogP contribution is -2.41. The fourth-order valence-corrected chi connectivity index (χ4v) is 5.03. The Morgan fingerprint density at radius 2 is 1.79 bits per heavy atom. The first-order valence-corrected chi connectivity index (χ1v) is 10.4. The van der Waals surface area contributed by atoms with E-state index in [2.05, 4.69) is 5.32 Å². The van der Waals surface area contributed by atoms with Gasteiger partial charge in [-0.2, -0.15) is 4.31 Å². The molecule has 2 aromatic rings. The molecule has 148 valence electrons. The highest BCUT2D eigenvalue weighted by Gasteiger charge is 2.34. The number of nitrogens with one attached hydrogen (secondary N) is 1. The second-order valence-corrected chi connectivity index (χ2v) is 8.72. The number of non-ortho nitro benzene ring substituents is 1. The molecule has 1 heterocycles. The number of nitro groups is 1. The average Bonchev–Trinajstić information content (AvgIpc) is 2.69. The lowest BCUT2D eigenvalue weighted by molar-refractivity contribution is -0.385. The summed E-state index contributed by atoms with van der Waals surface area (Å²) in [6.45, 7) is 0.266. The SMILES string of the molecule is O=C(Nc1ccccc1)C1CCN(S(=O)(=O)c2cc([N+](=O)[O-])ccc2Cl)CC1. The molecular formula is C18H18ClN3O5S. The van der Waals surface area contributed by atoms with E-state index in [0.717, 1.165) is 12.1 Å². The van der Waals surface area contributed by atoms with Gasteiger partial charge < -0.3 is 5.32 Å². The Morgan fingerprint density at radius 3 is 2.39 bits per heavy atom. The summed E-state index contributed by atoms with van der Waals surface area (Å²) in [7, 11) is -3.99. The van der Waals surface area contributed by atoms with E-state index in [0.29, 0.717) is 18.5 Å². The molecule has 0 atom stereocenters. The van der Waals surface area contributed by atoms with Crippen molar-refractivity contribution in [1.82, 2.24) is 4.31 Å². The minimum Gasteiger partial charge on any atom is -0.326 e. The molecule has 1 amide bonds. The van der Waals surface area contributed by atoms with Crippen LogP contribution in [0.5, 0.6) is 0 Å². The topological polar surface area (TPSA) is 110 Å². The minimum atomic E-state index is -3.99. The predicted molar refractivity (Wildman–Crippen MR) is 105 cm³/mol. The molecule has 0 aromatic heterocycles. The largest absolute Gasteiger partial charge is 0.326 e. The Morgan fingerprint density at radius 1 is 1.14 bits per heavy atom. The summed E-state index contributed by atoms with van der Waals surface area (Å²) in [5, 5.41) is 13.7. The van der Waals surface area contributed by atoms with Gasteiger partial charge in [0.1, 0.15) is 4.90 Å². The van der Waals surface area contributed by atoms with Crippen molar-refractivity contribution in [2.45, 2.75) is 17.7 Å². The molecule has 10 heteroatoms. The van der Waals surface area contributed by atoms with Crippen molar-refractivity contribution in [2.24, 2.45) is 5.92 Å². The van der Waals surface area contributed by atoms with Gasteiger partial charge in [-0.15, -0.1) is 0 Å². The number of nitrogens with zero attached hydrogens (tertiary/aromatic N) is 2. The highest BCUT2D eigenvalue weighted by Crippen LogP contribution is 2.31. The molecule has 0 aliphatic carbocycles. The van der Waals surface area contributed by atoms with Crippen LogP contribution >= 0.6 is 11.6 Å². The second kappa shape index (κ2) is 8.26. The number of piperidine rings is 1. The number of sulfonamides is 1. The molecule has 8 nitrogen and oxygen atoms in total. The number of nitro benzene ring substituents is 1. The number of hydrogen-bond acceptors (Lipinski definition) is 5. The van der Waals surface area contributed by atoms with Crippen LogP contribution in [-0.4, -0.2) is 36.6 Å². The molecule has 1 fully saturated rings. The third-order valence-electron chi connectivity index (χ3n) is 4.61. The first-order chi connectivity index (χ1) is 13.3. The third-order valence-corrected chi connectivity index (χ3v) is 6.99. The number of carbonyl (C=O) groups excluding carboxylic acids is 1. The van der Waals surface area contributed by atoms with Crippen molar-refractivity contribution in [1.29, 1.82) is 0 Å². The number of benzene rings is 2. The highest BCUT2D eigenvalue weighted by molar-refractivity contribution is 7.89. The number of carbonyl (C=O) groups is 1. The fourth-order valence-electron chi connectivity index (χ4n) is 3.07. The number of halogens is 1. The van der Waals surface area contributed by atoms with Crippen molar-refractivity contribution in [3.63, 3.8) is 0 Å². The standard InChI is InChI=1S/C18H18ClN3O5S/c19-16-7-6-15(22(24)25)12-17(16)28(26,27)21-10-8-13(9-11-21)18(23)20-14-4-2-1-3-5-14/h1-7,12-13H,8-11H2,(H,20,23). The summed E-state index contributed by atoms with van der Waals surface area (Å²) in [6.07, 6.45) is 0.703. The molecule has 2 aromatic carbocycles. The van der Waals surface area contributed by atoms with Crippen molar-refractivity contribution < 1.29 is 18.1 Å². The van der Waals surface area contributed by atoms with E-state index >= 15 is 0 Å². The first kappa shape index (κ1) is 20.2. The Bertz CT molecular complexity index is 990. The molecule has 1 saturated heterocycles. The van der Waals surface area contributed by atoms with Crippen LogP contribution in [0.1, 0.15) is 12.8 Å². The summed E-state index contributed by atoms with van der Waals surface area (Å²) < 4.78 is 27.0. The van der Waals surface area contributed by atoms with Gasteiger partial charge in [-0.25, -0.2) is 8.42 Å². The number of anilines is 1. The Labute approximate surface area is 167 Å². The van der Waals surface area contributed by atoms with E-state index in [4.69, 9.17) is 11.6 Å². The summed E-state index contributed by atoms with van der Waals surface area (Å²) in [5.41, 5.74) is 0.339. The molecule has 28 heavy (non-hydrogen) atoms. The lowest BCUT2D eigenvalue weighted by atomic mass is 9.97. The molecule has 1 aliphatic rings. The van der Waals surface area contributed by atoms with Crippen LogP contribution in [-0.2, 0) is 14.8 Å². The van der Waals surface area contributed by atoms with Crippen LogP contribution in [0.3, 0.4) is 0 Å². The van der Waals surface area contributed by atoms with Crippen molar-refractivity contribution in [3.05, 3.63) is 63.7 Å². The maximum atomic E-state index is 12.9. The molecule has 0 radical (unpaired) electrons. The first-order valence-electron chi connectivity index (χ1n) is 8.59. The van der Waals surface area contributed by atoms with Crippen LogP contribution in [0.25, 0.3) is 0 Å². The van der Waals surface area contributed by atoms with Crippen LogP contribution in [0.15, 0.2) is 53.4 Å². The number of para-hydroxylation sites is 1. The number of rotatable bonds is 5. The van der Waals surface area contributed by atoms with E-state index in [1.54, 1.807) is 12.1 Å². The van der Waals surface area contributed by atoms with Crippen LogP contribution in [0.4, 0.5) is 11.4 Å². The van der Waals surface area contributed by atoms with Gasteiger partial charge in [-0.1, -0.05) is 29.8 Å². The Hall–Kier alpha value is -2.49. The van der Waals surface area contributed by atoms with Crippen molar-refractivity contribution in [2.75, 3.05) is 18.4 Å². The Kier molecular flexibility index (Phi) is 5.97. The number of amides is 1. The van der Waals surface area contributed by atoms with Gasteiger partial charge in [-0.05, 0) is 31.0 Å². The molecule has 1 aliphatic heterocycles. The zero-order valence-electron chi connectivity index (χ0n) is 14.7. The van der Waals surface area contributed by atoms with Crippen LogP contribution in [0, 0.1) is 16.0 Å². The van der Waals surface area contributed by atoms with Crippen molar-refractivity contribution in [3.8, 4) is 0 Å². The van der Waals surface area contributed by atoms with Gasteiger partial charge in [0.25, 0.3) is 5.69 Å². The van der Waals surface area contributed by atoms with Gasteiger partial charge in [0.15, 0.2) is 0 Å². The van der Waals surface area contributed by atoms with Gasteiger partial charge in [0, 0.05) is 36.8 Å². The normalized spacial score (nSPS) is 15.9. The molecule has 3 rings (SSSR count). The molecule has 1 N–H and O–H groups in total. The monoisotopic (exact) mass is 423 g/mol. The molecule has 0 saturated carbocycles. The highest BCUT2D eigenvalue weighted by atomic mass is 35.5. The van der Waals surface area contributed by atoms with Gasteiger partial charge >= 0.3 is 0 Å². The van der Waals surface area contributed by atoms with Gasteiger partial charge in [0.05, 0.1) is 9.95 Å². The summed E-state index contributed by atoms with van der Waals surface area (Å²) >= 11 is 5.98.